The number of nitrogens with one attached hydrogen (secondary N) is 1. The Hall–Kier alpha value is -2.60. The molecule has 2 aromatic carbocycles. The number of ether oxygens (including phenoxy) is 1. The summed E-state index contributed by atoms with van der Waals surface area (Å²) in [7, 11) is 0. The molecular formula is C19H18BrN3O2. The normalized spacial score (nSPS) is 10.4. The zero-order valence-corrected chi connectivity index (χ0v) is 15.1. The van der Waals surface area contributed by atoms with Gasteiger partial charge in [-0.25, -0.2) is 4.79 Å². The van der Waals surface area contributed by atoms with Crippen molar-refractivity contribution in [2.24, 2.45) is 0 Å². The first-order valence-corrected chi connectivity index (χ1v) is 8.73. The summed E-state index contributed by atoms with van der Waals surface area (Å²) >= 11 is 3.38. The van der Waals surface area contributed by atoms with Crippen molar-refractivity contribution >= 4 is 27.7 Å². The molecule has 25 heavy (non-hydrogen) atoms. The molecular weight excluding hydrogens is 382 g/mol. The summed E-state index contributed by atoms with van der Waals surface area (Å²) in [5, 5.41) is 6.96. The molecule has 0 saturated carbocycles. The van der Waals surface area contributed by atoms with Crippen molar-refractivity contribution in [3.8, 4) is 0 Å². The number of carbonyl (C=O) groups excluding carboxylic acids is 1. The van der Waals surface area contributed by atoms with E-state index in [1.807, 2.05) is 65.5 Å². The Bertz CT molecular complexity index is 816. The van der Waals surface area contributed by atoms with Gasteiger partial charge in [-0.1, -0.05) is 42.5 Å². The van der Waals surface area contributed by atoms with Crippen LogP contribution in [0, 0.1) is 0 Å². The first-order chi connectivity index (χ1) is 12.2. The van der Waals surface area contributed by atoms with E-state index in [0.29, 0.717) is 5.69 Å². The van der Waals surface area contributed by atoms with E-state index in [1.54, 1.807) is 6.20 Å². The van der Waals surface area contributed by atoms with E-state index in [1.165, 1.54) is 5.56 Å². The highest BCUT2D eigenvalue weighted by atomic mass is 79.9. The Morgan fingerprint density at radius 2 is 1.84 bits per heavy atom. The second-order valence-corrected chi connectivity index (χ2v) is 6.47. The van der Waals surface area contributed by atoms with E-state index in [0.717, 1.165) is 23.0 Å². The number of benzene rings is 2. The number of aromatic nitrogens is 2. The van der Waals surface area contributed by atoms with Crippen LogP contribution in [0.15, 0.2) is 71.5 Å². The van der Waals surface area contributed by atoms with Gasteiger partial charge in [-0.05, 0) is 45.6 Å². The van der Waals surface area contributed by atoms with Crippen LogP contribution in [0.3, 0.4) is 0 Å². The Morgan fingerprint density at radius 3 is 2.52 bits per heavy atom. The van der Waals surface area contributed by atoms with Crippen LogP contribution in [-0.2, 0) is 24.3 Å². The van der Waals surface area contributed by atoms with Crippen LogP contribution in [0.5, 0.6) is 0 Å². The lowest BCUT2D eigenvalue weighted by Gasteiger charge is -2.08. The molecule has 1 aromatic heterocycles. The number of anilines is 1. The number of hydrogen-bond donors (Lipinski definition) is 1. The van der Waals surface area contributed by atoms with E-state index in [9.17, 15) is 4.79 Å². The maximum absolute atomic E-state index is 11.8. The fraction of sp³-hybridized carbons (Fsp3) is 0.158. The minimum absolute atomic E-state index is 0.254. The smallest absolute Gasteiger partial charge is 0.411 e. The zero-order chi connectivity index (χ0) is 17.5. The van der Waals surface area contributed by atoms with Crippen LogP contribution in [0.4, 0.5) is 10.5 Å². The topological polar surface area (TPSA) is 56.2 Å². The Kier molecular flexibility index (Phi) is 5.85. The largest absolute Gasteiger partial charge is 0.444 e. The van der Waals surface area contributed by atoms with Crippen molar-refractivity contribution < 1.29 is 9.53 Å². The van der Waals surface area contributed by atoms with Crippen molar-refractivity contribution in [3.05, 3.63) is 82.6 Å². The van der Waals surface area contributed by atoms with Crippen LogP contribution in [-0.4, -0.2) is 15.9 Å². The summed E-state index contributed by atoms with van der Waals surface area (Å²) < 4.78 is 8.06. The van der Waals surface area contributed by atoms with Crippen molar-refractivity contribution in [2.45, 2.75) is 19.6 Å². The number of aryl methyl sites for hydroxylation is 2. The molecule has 0 aliphatic carbocycles. The quantitative estimate of drug-likeness (QED) is 0.656. The van der Waals surface area contributed by atoms with Crippen LogP contribution in [0.2, 0.25) is 0 Å². The van der Waals surface area contributed by atoms with Gasteiger partial charge in [0.05, 0.1) is 10.7 Å². The fourth-order valence-corrected chi connectivity index (χ4v) is 2.66. The molecule has 1 amide bonds. The Labute approximate surface area is 154 Å². The highest BCUT2D eigenvalue weighted by molar-refractivity contribution is 9.10. The molecule has 5 nitrogen and oxygen atoms in total. The number of rotatable bonds is 6. The Morgan fingerprint density at radius 1 is 1.08 bits per heavy atom. The van der Waals surface area contributed by atoms with Gasteiger partial charge in [0.2, 0.25) is 0 Å². The lowest BCUT2D eigenvalue weighted by atomic mass is 10.1. The van der Waals surface area contributed by atoms with Gasteiger partial charge in [0.25, 0.3) is 0 Å². The van der Waals surface area contributed by atoms with Gasteiger partial charge in [0.1, 0.15) is 6.61 Å². The lowest BCUT2D eigenvalue weighted by Crippen LogP contribution is -2.13. The van der Waals surface area contributed by atoms with Gasteiger partial charge in [0.15, 0.2) is 0 Å². The van der Waals surface area contributed by atoms with E-state index in [4.69, 9.17) is 4.74 Å². The monoisotopic (exact) mass is 399 g/mol. The molecule has 0 radical (unpaired) electrons. The molecule has 128 valence electrons. The summed E-state index contributed by atoms with van der Waals surface area (Å²) in [6, 6.07) is 17.3. The molecule has 6 heteroatoms. The number of nitrogens with zero attached hydrogens (tertiary/aromatic N) is 2. The van der Waals surface area contributed by atoms with Gasteiger partial charge in [-0.3, -0.25) is 10.00 Å². The molecule has 3 rings (SSSR count). The van der Waals surface area contributed by atoms with Crippen molar-refractivity contribution in [1.82, 2.24) is 9.78 Å². The highest BCUT2D eigenvalue weighted by Crippen LogP contribution is 2.12. The van der Waals surface area contributed by atoms with Crippen LogP contribution in [0.25, 0.3) is 0 Å². The number of amides is 1. The third kappa shape index (κ3) is 5.46. The van der Waals surface area contributed by atoms with Gasteiger partial charge in [-0.15, -0.1) is 0 Å². The van der Waals surface area contributed by atoms with E-state index >= 15 is 0 Å². The standard InChI is InChI=1S/C19H18BrN3O2/c20-17-12-21-23(13-17)11-10-15-6-8-18(9-7-15)22-19(24)25-14-16-4-2-1-3-5-16/h1-9,12-13H,10-11,14H2,(H,22,24). The van der Waals surface area contributed by atoms with E-state index in [2.05, 4.69) is 26.3 Å². The maximum Gasteiger partial charge on any atom is 0.411 e. The van der Waals surface area contributed by atoms with E-state index in [-0.39, 0.29) is 6.61 Å². The predicted octanol–water partition coefficient (Wildman–Crippen LogP) is 4.64. The average molecular weight is 400 g/mol. The molecule has 1 N–H and O–H groups in total. The van der Waals surface area contributed by atoms with Crippen LogP contribution in [0.1, 0.15) is 11.1 Å². The lowest BCUT2D eigenvalue weighted by molar-refractivity contribution is 0.155. The van der Waals surface area contributed by atoms with Gasteiger partial charge < -0.3 is 4.74 Å². The molecule has 0 bridgehead atoms. The first kappa shape index (κ1) is 17.2. The SMILES string of the molecule is O=C(Nc1ccc(CCn2cc(Br)cn2)cc1)OCc1ccccc1. The minimum Gasteiger partial charge on any atom is -0.444 e. The summed E-state index contributed by atoms with van der Waals surface area (Å²) in [6.45, 7) is 1.06. The second kappa shape index (κ2) is 8.48. The number of hydrogen-bond acceptors (Lipinski definition) is 3. The second-order valence-electron chi connectivity index (χ2n) is 5.56. The minimum atomic E-state index is -0.460. The molecule has 0 aliphatic rings. The zero-order valence-electron chi connectivity index (χ0n) is 13.6. The molecule has 0 aliphatic heterocycles. The predicted molar refractivity (Wildman–Crippen MR) is 100 cm³/mol. The third-order valence-corrected chi connectivity index (χ3v) is 4.05. The molecule has 1 heterocycles. The van der Waals surface area contributed by atoms with Gasteiger partial charge >= 0.3 is 6.09 Å². The first-order valence-electron chi connectivity index (χ1n) is 7.94. The molecule has 3 aromatic rings. The van der Waals surface area contributed by atoms with E-state index < -0.39 is 6.09 Å². The van der Waals surface area contributed by atoms with Gasteiger partial charge in [-0.2, -0.15) is 5.10 Å². The van der Waals surface area contributed by atoms with Crippen molar-refractivity contribution in [3.63, 3.8) is 0 Å². The maximum atomic E-state index is 11.8. The molecule has 0 unspecified atom stereocenters. The van der Waals surface area contributed by atoms with Crippen molar-refractivity contribution in [1.29, 1.82) is 0 Å². The summed E-state index contributed by atoms with van der Waals surface area (Å²) in [6.07, 6.45) is 4.12. The average Bonchev–Trinajstić information content (AvgIpc) is 3.06. The number of halogens is 1. The third-order valence-electron chi connectivity index (χ3n) is 3.64. The molecule has 0 spiro atoms. The highest BCUT2D eigenvalue weighted by Gasteiger charge is 2.04. The van der Waals surface area contributed by atoms with Crippen molar-refractivity contribution in [2.75, 3.05) is 5.32 Å². The molecule has 0 fully saturated rings. The number of carbonyl (C=O) groups is 1. The fourth-order valence-electron chi connectivity index (χ4n) is 2.34. The summed E-state index contributed by atoms with van der Waals surface area (Å²) in [4.78, 5) is 11.8. The van der Waals surface area contributed by atoms with Crippen LogP contribution < -0.4 is 5.32 Å². The summed E-state index contributed by atoms with van der Waals surface area (Å²) in [5.74, 6) is 0. The van der Waals surface area contributed by atoms with Crippen LogP contribution >= 0.6 is 15.9 Å². The molecule has 0 saturated heterocycles. The van der Waals surface area contributed by atoms with Gasteiger partial charge in [0, 0.05) is 18.4 Å². The molecule has 0 atom stereocenters. The Balaban J connectivity index is 1.46. The summed E-state index contributed by atoms with van der Waals surface area (Å²) in [5.41, 5.74) is 2.84.